The highest BCUT2D eigenvalue weighted by molar-refractivity contribution is 5.81. The third-order valence-corrected chi connectivity index (χ3v) is 3.87. The van der Waals surface area contributed by atoms with Crippen LogP contribution in [-0.2, 0) is 4.79 Å². The Morgan fingerprint density at radius 3 is 2.60 bits per heavy atom. The van der Waals surface area contributed by atoms with Crippen LogP contribution in [0.3, 0.4) is 0 Å². The van der Waals surface area contributed by atoms with E-state index in [1.807, 2.05) is 0 Å². The Balaban J connectivity index is 2.45. The molecule has 0 spiro atoms. The van der Waals surface area contributed by atoms with Crippen LogP contribution in [0.25, 0.3) is 0 Å². The van der Waals surface area contributed by atoms with Crippen LogP contribution in [0, 0.1) is 17.8 Å². The molecule has 0 radical (unpaired) electrons. The zero-order valence-electron chi connectivity index (χ0n) is 10.6. The molecule has 1 saturated carbocycles. The number of carbonyl (C=O) groups is 1. The monoisotopic (exact) mass is 210 g/mol. The van der Waals surface area contributed by atoms with Gasteiger partial charge >= 0.3 is 0 Å². The van der Waals surface area contributed by atoms with Crippen LogP contribution >= 0.6 is 0 Å². The Labute approximate surface area is 94.6 Å². The maximum absolute atomic E-state index is 11.8. The first-order valence-electron chi connectivity index (χ1n) is 6.67. The lowest BCUT2D eigenvalue weighted by molar-refractivity contribution is -0.125. The molecular formula is C14H26O. The molecule has 1 heteroatoms. The summed E-state index contributed by atoms with van der Waals surface area (Å²) in [4.78, 5) is 11.8. The van der Waals surface area contributed by atoms with E-state index in [9.17, 15) is 4.79 Å². The number of rotatable bonds is 5. The highest BCUT2D eigenvalue weighted by Crippen LogP contribution is 2.31. The molecule has 0 aromatic rings. The third kappa shape index (κ3) is 3.96. The first-order chi connectivity index (χ1) is 7.15. The second kappa shape index (κ2) is 6.30. The number of carbonyl (C=O) groups excluding carboxylic acids is 1. The average Bonchev–Trinajstić information content (AvgIpc) is 2.20. The second-order valence-electron chi connectivity index (χ2n) is 5.44. The van der Waals surface area contributed by atoms with Crippen molar-refractivity contribution in [2.24, 2.45) is 17.8 Å². The number of hydrogen-bond acceptors (Lipinski definition) is 1. The molecule has 0 amide bonds. The largest absolute Gasteiger partial charge is 0.299 e. The SMILES string of the molecule is CCCC(CC1CCCCC1=O)C(C)C. The molecule has 0 saturated heterocycles. The molecule has 0 bridgehead atoms. The van der Waals surface area contributed by atoms with E-state index in [2.05, 4.69) is 20.8 Å². The summed E-state index contributed by atoms with van der Waals surface area (Å²) in [6.07, 6.45) is 8.12. The summed E-state index contributed by atoms with van der Waals surface area (Å²) in [5, 5.41) is 0. The standard InChI is InChI=1S/C14H26O/c1-4-7-12(11(2)3)10-13-8-5-6-9-14(13)15/h11-13H,4-10H2,1-3H3. The van der Waals surface area contributed by atoms with E-state index in [4.69, 9.17) is 0 Å². The van der Waals surface area contributed by atoms with Gasteiger partial charge in [-0.3, -0.25) is 4.79 Å². The molecule has 2 unspecified atom stereocenters. The molecular weight excluding hydrogens is 184 g/mol. The van der Waals surface area contributed by atoms with E-state index in [0.717, 1.165) is 37.5 Å². The molecule has 1 aliphatic rings. The minimum atomic E-state index is 0.401. The summed E-state index contributed by atoms with van der Waals surface area (Å²) in [6.45, 7) is 6.85. The Morgan fingerprint density at radius 2 is 2.07 bits per heavy atom. The van der Waals surface area contributed by atoms with Crippen LogP contribution in [-0.4, -0.2) is 5.78 Å². The first-order valence-corrected chi connectivity index (χ1v) is 6.67. The van der Waals surface area contributed by atoms with Crippen molar-refractivity contribution in [2.75, 3.05) is 0 Å². The van der Waals surface area contributed by atoms with Crippen LogP contribution in [0.1, 0.15) is 65.7 Å². The Kier molecular flexibility index (Phi) is 5.35. The average molecular weight is 210 g/mol. The number of hydrogen-bond donors (Lipinski definition) is 0. The zero-order valence-corrected chi connectivity index (χ0v) is 10.6. The summed E-state index contributed by atoms with van der Waals surface area (Å²) in [5.41, 5.74) is 0. The van der Waals surface area contributed by atoms with E-state index in [1.54, 1.807) is 0 Å². The van der Waals surface area contributed by atoms with Gasteiger partial charge in [0.2, 0.25) is 0 Å². The summed E-state index contributed by atoms with van der Waals surface area (Å²) in [5.74, 6) is 2.45. The van der Waals surface area contributed by atoms with Gasteiger partial charge in [-0.25, -0.2) is 0 Å². The highest BCUT2D eigenvalue weighted by Gasteiger charge is 2.26. The fraction of sp³-hybridized carbons (Fsp3) is 0.929. The van der Waals surface area contributed by atoms with E-state index in [1.165, 1.54) is 19.3 Å². The van der Waals surface area contributed by atoms with Crippen LogP contribution < -0.4 is 0 Å². The topological polar surface area (TPSA) is 17.1 Å². The molecule has 15 heavy (non-hydrogen) atoms. The maximum atomic E-state index is 11.8. The van der Waals surface area contributed by atoms with Crippen molar-refractivity contribution in [1.29, 1.82) is 0 Å². The van der Waals surface area contributed by atoms with Crippen molar-refractivity contribution in [3.05, 3.63) is 0 Å². The van der Waals surface area contributed by atoms with Gasteiger partial charge in [0.1, 0.15) is 5.78 Å². The smallest absolute Gasteiger partial charge is 0.135 e. The van der Waals surface area contributed by atoms with Gasteiger partial charge in [-0.1, -0.05) is 40.0 Å². The van der Waals surface area contributed by atoms with Crippen LogP contribution in [0.2, 0.25) is 0 Å². The van der Waals surface area contributed by atoms with E-state index < -0.39 is 0 Å². The van der Waals surface area contributed by atoms with Gasteiger partial charge in [0.15, 0.2) is 0 Å². The van der Waals surface area contributed by atoms with Gasteiger partial charge < -0.3 is 0 Å². The quantitative estimate of drug-likeness (QED) is 0.664. The van der Waals surface area contributed by atoms with Crippen molar-refractivity contribution in [2.45, 2.75) is 65.7 Å². The highest BCUT2D eigenvalue weighted by atomic mass is 16.1. The molecule has 0 aromatic carbocycles. The molecule has 1 aliphatic carbocycles. The predicted octanol–water partition coefficient (Wildman–Crippen LogP) is 4.21. The van der Waals surface area contributed by atoms with Gasteiger partial charge in [0.05, 0.1) is 0 Å². The van der Waals surface area contributed by atoms with Crippen molar-refractivity contribution in [3.63, 3.8) is 0 Å². The van der Waals surface area contributed by atoms with Crippen molar-refractivity contribution in [3.8, 4) is 0 Å². The fourth-order valence-electron chi connectivity index (χ4n) is 2.76. The molecule has 0 aromatic heterocycles. The molecule has 1 nitrogen and oxygen atoms in total. The maximum Gasteiger partial charge on any atom is 0.135 e. The second-order valence-corrected chi connectivity index (χ2v) is 5.44. The Hall–Kier alpha value is -0.330. The third-order valence-electron chi connectivity index (χ3n) is 3.87. The molecule has 1 rings (SSSR count). The van der Waals surface area contributed by atoms with Crippen molar-refractivity contribution in [1.82, 2.24) is 0 Å². The van der Waals surface area contributed by atoms with Gasteiger partial charge in [-0.05, 0) is 31.1 Å². The molecule has 1 fully saturated rings. The minimum Gasteiger partial charge on any atom is -0.299 e. The van der Waals surface area contributed by atoms with E-state index >= 15 is 0 Å². The van der Waals surface area contributed by atoms with E-state index in [0.29, 0.717) is 11.7 Å². The zero-order chi connectivity index (χ0) is 11.3. The minimum absolute atomic E-state index is 0.401. The van der Waals surface area contributed by atoms with Crippen molar-refractivity contribution >= 4 is 5.78 Å². The number of ketones is 1. The van der Waals surface area contributed by atoms with Gasteiger partial charge in [-0.2, -0.15) is 0 Å². The molecule has 0 aliphatic heterocycles. The summed E-state index contributed by atoms with van der Waals surface area (Å²) in [6, 6.07) is 0. The Bertz CT molecular complexity index is 196. The molecule has 2 atom stereocenters. The molecule has 0 N–H and O–H groups in total. The number of Topliss-reactive ketones (excluding diaryl/α,β-unsaturated/α-hetero) is 1. The fourth-order valence-corrected chi connectivity index (χ4v) is 2.76. The molecule has 0 heterocycles. The lowest BCUT2D eigenvalue weighted by atomic mass is 9.77. The summed E-state index contributed by atoms with van der Waals surface area (Å²) >= 11 is 0. The Morgan fingerprint density at radius 1 is 1.33 bits per heavy atom. The van der Waals surface area contributed by atoms with Crippen molar-refractivity contribution < 1.29 is 4.79 Å². The van der Waals surface area contributed by atoms with Crippen LogP contribution in [0.4, 0.5) is 0 Å². The van der Waals surface area contributed by atoms with Gasteiger partial charge in [-0.15, -0.1) is 0 Å². The van der Waals surface area contributed by atoms with Crippen LogP contribution in [0.15, 0.2) is 0 Å². The first kappa shape index (κ1) is 12.7. The lowest BCUT2D eigenvalue weighted by Crippen LogP contribution is -2.23. The lowest BCUT2D eigenvalue weighted by Gasteiger charge is -2.27. The normalized spacial score (nSPS) is 24.5. The van der Waals surface area contributed by atoms with E-state index in [-0.39, 0.29) is 0 Å². The van der Waals surface area contributed by atoms with Gasteiger partial charge in [0, 0.05) is 12.3 Å². The van der Waals surface area contributed by atoms with Gasteiger partial charge in [0.25, 0.3) is 0 Å². The molecule has 88 valence electrons. The summed E-state index contributed by atoms with van der Waals surface area (Å²) in [7, 11) is 0. The van der Waals surface area contributed by atoms with Crippen LogP contribution in [0.5, 0.6) is 0 Å². The predicted molar refractivity (Wildman–Crippen MR) is 64.8 cm³/mol. The summed E-state index contributed by atoms with van der Waals surface area (Å²) < 4.78 is 0.